The molecule has 3 aromatic rings. The van der Waals surface area contributed by atoms with Gasteiger partial charge in [0.25, 0.3) is 0 Å². The second kappa shape index (κ2) is 11.0. The number of aliphatic carboxylic acids is 1. The molecule has 2 aromatic carbocycles. The third-order valence-corrected chi connectivity index (χ3v) is 8.49. The number of carboxylic acid groups (broad SMARTS) is 1. The summed E-state index contributed by atoms with van der Waals surface area (Å²) >= 11 is 1.45. The molecule has 5 rings (SSSR count). The van der Waals surface area contributed by atoms with Crippen molar-refractivity contribution < 1.29 is 19.5 Å². The molecule has 2 heterocycles. The predicted molar refractivity (Wildman–Crippen MR) is 147 cm³/mol. The topological polar surface area (TPSA) is 112 Å². The minimum atomic E-state index is -0.983. The second-order valence-corrected chi connectivity index (χ2v) is 11.4. The molecule has 0 bridgehead atoms. The third kappa shape index (κ3) is 5.79. The molecule has 0 spiro atoms. The number of carbonyl (C=O) groups excluding carboxylic acids is 2. The molecule has 0 radical (unpaired) electrons. The molecule has 2 aliphatic rings. The zero-order valence-electron chi connectivity index (χ0n) is 21.4. The zero-order chi connectivity index (χ0) is 26.7. The molecule has 1 aliphatic heterocycles. The van der Waals surface area contributed by atoms with Crippen LogP contribution in [0.15, 0.2) is 53.9 Å². The molecular weight excluding hydrogens is 500 g/mol. The van der Waals surface area contributed by atoms with Gasteiger partial charge in [-0.2, -0.15) is 0 Å². The van der Waals surface area contributed by atoms with E-state index < -0.39 is 11.4 Å². The Morgan fingerprint density at radius 2 is 1.71 bits per heavy atom. The molecule has 38 heavy (non-hydrogen) atoms. The number of piperidine rings is 1. The van der Waals surface area contributed by atoms with Crippen LogP contribution >= 0.6 is 11.3 Å². The van der Waals surface area contributed by atoms with Gasteiger partial charge in [0.05, 0.1) is 24.1 Å². The minimum absolute atomic E-state index is 0.0511. The number of hydrogen-bond donors (Lipinski definition) is 3. The summed E-state index contributed by atoms with van der Waals surface area (Å²) in [6.07, 6.45) is 2.39. The van der Waals surface area contributed by atoms with Crippen LogP contribution in [0.3, 0.4) is 0 Å². The number of fused-ring (bicyclic) bond motifs is 1. The number of carbonyl (C=O) groups is 3. The van der Waals surface area contributed by atoms with Crippen LogP contribution in [0.5, 0.6) is 0 Å². The van der Waals surface area contributed by atoms with Gasteiger partial charge < -0.3 is 20.6 Å². The van der Waals surface area contributed by atoms with Crippen molar-refractivity contribution >= 4 is 34.8 Å². The van der Waals surface area contributed by atoms with E-state index in [9.17, 15) is 19.5 Å². The highest BCUT2D eigenvalue weighted by Crippen LogP contribution is 2.40. The number of likely N-dealkylation sites (tertiary alicyclic amines) is 1. The first-order valence-corrected chi connectivity index (χ1v) is 13.8. The van der Waals surface area contributed by atoms with Crippen LogP contribution in [-0.4, -0.2) is 52.9 Å². The normalized spacial score (nSPS) is 17.1. The number of aromatic nitrogens is 1. The molecule has 1 aromatic heterocycles. The lowest BCUT2D eigenvalue weighted by Gasteiger charge is -2.28. The second-order valence-electron chi connectivity index (χ2n) is 10.4. The van der Waals surface area contributed by atoms with E-state index in [1.54, 1.807) is 0 Å². The first-order valence-electron chi connectivity index (χ1n) is 12.9. The molecule has 0 atom stereocenters. The van der Waals surface area contributed by atoms with Gasteiger partial charge in [-0.25, -0.2) is 4.98 Å². The monoisotopic (exact) mass is 532 g/mol. The van der Waals surface area contributed by atoms with E-state index >= 15 is 0 Å². The van der Waals surface area contributed by atoms with Crippen molar-refractivity contribution in [1.82, 2.24) is 15.2 Å². The summed E-state index contributed by atoms with van der Waals surface area (Å²) in [4.78, 5) is 44.4. The zero-order valence-corrected chi connectivity index (χ0v) is 22.2. The van der Waals surface area contributed by atoms with Gasteiger partial charge in [0, 0.05) is 22.5 Å². The number of thiazole rings is 1. The first kappa shape index (κ1) is 26.1. The van der Waals surface area contributed by atoms with Crippen molar-refractivity contribution in [1.29, 1.82) is 0 Å². The van der Waals surface area contributed by atoms with Gasteiger partial charge >= 0.3 is 5.97 Å². The van der Waals surface area contributed by atoms with Gasteiger partial charge in [0.2, 0.25) is 11.8 Å². The molecule has 1 fully saturated rings. The van der Waals surface area contributed by atoms with E-state index in [0.29, 0.717) is 12.8 Å². The molecule has 0 saturated carbocycles. The maximum atomic E-state index is 13.2. The van der Waals surface area contributed by atoms with Gasteiger partial charge in [-0.3, -0.25) is 14.4 Å². The summed E-state index contributed by atoms with van der Waals surface area (Å²) in [6.45, 7) is 2.13. The lowest BCUT2D eigenvalue weighted by molar-refractivity contribution is -0.145. The molecule has 1 aliphatic carbocycles. The largest absolute Gasteiger partial charge is 0.481 e. The number of carboxylic acids is 1. The Labute approximate surface area is 226 Å². The molecule has 0 unspecified atom stereocenters. The van der Waals surface area contributed by atoms with Crippen LogP contribution in [0.2, 0.25) is 0 Å². The van der Waals surface area contributed by atoms with E-state index in [4.69, 9.17) is 0 Å². The standard InChI is InChI=1S/C29H32N4O4S/c1-33-12-10-20(11-13-33)27(36)31-23-8-6-19(7-9-23)24-18-38-25(32-24)17-30-28(37)29(16-26(34)35)14-21-4-2-3-5-22(21)15-29/h2-9,18,20H,10-17H2,1H3,(H,30,37)(H,31,36)(H,34,35). The van der Waals surface area contributed by atoms with Crippen LogP contribution in [-0.2, 0) is 33.8 Å². The summed E-state index contributed by atoms with van der Waals surface area (Å²) in [7, 11) is 2.08. The summed E-state index contributed by atoms with van der Waals surface area (Å²) < 4.78 is 0. The Hall–Kier alpha value is -3.56. The lowest BCUT2D eigenvalue weighted by Crippen LogP contribution is -2.43. The van der Waals surface area contributed by atoms with Crippen molar-refractivity contribution in [3.63, 3.8) is 0 Å². The summed E-state index contributed by atoms with van der Waals surface area (Å²) in [5, 5.41) is 18.2. The Balaban J connectivity index is 1.18. The average molecular weight is 533 g/mol. The van der Waals surface area contributed by atoms with Crippen molar-refractivity contribution in [3.8, 4) is 11.3 Å². The molecule has 1 saturated heterocycles. The summed E-state index contributed by atoms with van der Waals surface area (Å²) in [5.74, 6) is -1.10. The van der Waals surface area contributed by atoms with E-state index in [1.807, 2.05) is 53.9 Å². The average Bonchev–Trinajstić information content (AvgIpc) is 3.53. The van der Waals surface area contributed by atoms with E-state index in [1.165, 1.54) is 11.3 Å². The number of rotatable bonds is 8. The fourth-order valence-corrected chi connectivity index (χ4v) is 6.20. The van der Waals surface area contributed by atoms with Crippen LogP contribution in [0.4, 0.5) is 5.69 Å². The van der Waals surface area contributed by atoms with E-state index in [0.717, 1.165) is 59.0 Å². The number of anilines is 1. The molecular formula is C29H32N4O4S. The number of benzene rings is 2. The first-order chi connectivity index (χ1) is 18.3. The molecule has 8 nitrogen and oxygen atoms in total. The van der Waals surface area contributed by atoms with E-state index in [-0.39, 0.29) is 30.7 Å². The van der Waals surface area contributed by atoms with Crippen molar-refractivity contribution in [2.75, 3.05) is 25.5 Å². The maximum Gasteiger partial charge on any atom is 0.304 e. The van der Waals surface area contributed by atoms with Crippen LogP contribution in [0.25, 0.3) is 11.3 Å². The number of nitrogens with zero attached hydrogens (tertiary/aromatic N) is 2. The van der Waals surface area contributed by atoms with Crippen LogP contribution < -0.4 is 10.6 Å². The Bertz CT molecular complexity index is 1300. The third-order valence-electron chi connectivity index (χ3n) is 7.64. The number of amides is 2. The van der Waals surface area contributed by atoms with Gasteiger partial charge in [0.15, 0.2) is 0 Å². The molecule has 3 N–H and O–H groups in total. The Kier molecular flexibility index (Phi) is 7.58. The SMILES string of the molecule is CN1CCC(C(=O)Nc2ccc(-c3csc(CNC(=O)C4(CC(=O)O)Cc5ccccc5C4)n3)cc2)CC1. The molecule has 198 valence electrons. The van der Waals surface area contributed by atoms with Crippen LogP contribution in [0, 0.1) is 11.3 Å². The number of nitrogens with one attached hydrogen (secondary N) is 2. The van der Waals surface area contributed by atoms with Gasteiger partial charge in [-0.1, -0.05) is 36.4 Å². The quantitative estimate of drug-likeness (QED) is 0.405. The molecule has 9 heteroatoms. The Morgan fingerprint density at radius 3 is 2.34 bits per heavy atom. The highest BCUT2D eigenvalue weighted by molar-refractivity contribution is 7.09. The van der Waals surface area contributed by atoms with Gasteiger partial charge in [0.1, 0.15) is 5.01 Å². The van der Waals surface area contributed by atoms with Crippen molar-refractivity contribution in [2.24, 2.45) is 11.3 Å². The minimum Gasteiger partial charge on any atom is -0.481 e. The Morgan fingerprint density at radius 1 is 1.05 bits per heavy atom. The fourth-order valence-electron chi connectivity index (χ4n) is 5.46. The fraction of sp³-hybridized carbons (Fsp3) is 0.379. The highest BCUT2D eigenvalue weighted by Gasteiger charge is 2.45. The smallest absolute Gasteiger partial charge is 0.304 e. The van der Waals surface area contributed by atoms with Gasteiger partial charge in [-0.05, 0) is 69.1 Å². The van der Waals surface area contributed by atoms with Crippen molar-refractivity contribution in [2.45, 2.75) is 38.6 Å². The predicted octanol–water partition coefficient (Wildman–Crippen LogP) is 3.97. The number of hydrogen-bond acceptors (Lipinski definition) is 6. The lowest BCUT2D eigenvalue weighted by atomic mass is 9.80. The van der Waals surface area contributed by atoms with Crippen molar-refractivity contribution in [3.05, 3.63) is 70.0 Å². The van der Waals surface area contributed by atoms with Crippen LogP contribution in [0.1, 0.15) is 35.4 Å². The van der Waals surface area contributed by atoms with E-state index in [2.05, 4.69) is 27.6 Å². The summed E-state index contributed by atoms with van der Waals surface area (Å²) in [5.41, 5.74) is 3.56. The highest BCUT2D eigenvalue weighted by atomic mass is 32.1. The molecule has 2 amide bonds. The maximum absolute atomic E-state index is 13.2. The van der Waals surface area contributed by atoms with Gasteiger partial charge in [-0.15, -0.1) is 11.3 Å². The summed E-state index contributed by atoms with van der Waals surface area (Å²) in [6, 6.07) is 15.4.